The molecule has 0 aliphatic carbocycles. The molecular formula is C15H14N2O2S. The minimum atomic E-state index is -0.190. The lowest BCUT2D eigenvalue weighted by Gasteiger charge is -2.03. The average Bonchev–Trinajstić information content (AvgIpc) is 2.90. The van der Waals surface area contributed by atoms with Gasteiger partial charge < -0.3 is 10.4 Å². The zero-order chi connectivity index (χ0) is 14.4. The van der Waals surface area contributed by atoms with Crippen LogP contribution >= 0.6 is 11.3 Å². The fourth-order valence-corrected chi connectivity index (χ4v) is 2.36. The zero-order valence-electron chi connectivity index (χ0n) is 11.0. The summed E-state index contributed by atoms with van der Waals surface area (Å²) in [7, 11) is 0. The second-order valence-electron chi connectivity index (χ2n) is 4.11. The number of aryl methyl sites for hydroxylation is 1. The first-order chi connectivity index (χ1) is 9.69. The largest absolute Gasteiger partial charge is 0.384 e. The maximum absolute atomic E-state index is 11.9. The van der Waals surface area contributed by atoms with Gasteiger partial charge in [-0.15, -0.1) is 11.3 Å². The predicted molar refractivity (Wildman–Crippen MR) is 78.4 cm³/mol. The SMILES string of the molecule is Cc1cccc(C(=O)NCc2cc(C#CCO)cs2)n1. The number of nitrogens with zero attached hydrogens (tertiary/aromatic N) is 1. The van der Waals surface area contributed by atoms with E-state index in [0.717, 1.165) is 16.1 Å². The lowest BCUT2D eigenvalue weighted by Crippen LogP contribution is -2.23. The minimum Gasteiger partial charge on any atom is -0.384 e. The van der Waals surface area contributed by atoms with Gasteiger partial charge in [-0.1, -0.05) is 17.9 Å². The number of aromatic nitrogens is 1. The molecule has 0 saturated carbocycles. The molecule has 0 spiro atoms. The van der Waals surface area contributed by atoms with Gasteiger partial charge in [0.25, 0.3) is 5.91 Å². The van der Waals surface area contributed by atoms with Crippen LogP contribution in [0.25, 0.3) is 0 Å². The molecule has 2 heterocycles. The second-order valence-corrected chi connectivity index (χ2v) is 5.10. The van der Waals surface area contributed by atoms with Gasteiger partial charge >= 0.3 is 0 Å². The molecule has 0 fully saturated rings. The lowest BCUT2D eigenvalue weighted by atomic mass is 10.3. The van der Waals surface area contributed by atoms with E-state index in [-0.39, 0.29) is 12.5 Å². The van der Waals surface area contributed by atoms with Crippen LogP contribution in [0.3, 0.4) is 0 Å². The summed E-state index contributed by atoms with van der Waals surface area (Å²) in [6.45, 7) is 2.14. The van der Waals surface area contributed by atoms with Crippen molar-refractivity contribution >= 4 is 17.2 Å². The van der Waals surface area contributed by atoms with Crippen molar-refractivity contribution in [2.75, 3.05) is 6.61 Å². The van der Waals surface area contributed by atoms with E-state index in [1.54, 1.807) is 6.07 Å². The number of pyridine rings is 1. The van der Waals surface area contributed by atoms with E-state index < -0.39 is 0 Å². The van der Waals surface area contributed by atoms with Gasteiger partial charge in [0.1, 0.15) is 12.3 Å². The van der Waals surface area contributed by atoms with Crippen molar-refractivity contribution in [2.45, 2.75) is 13.5 Å². The first-order valence-corrected chi connectivity index (χ1v) is 6.96. The molecule has 0 saturated heterocycles. The summed E-state index contributed by atoms with van der Waals surface area (Å²) in [5.41, 5.74) is 2.08. The highest BCUT2D eigenvalue weighted by Crippen LogP contribution is 2.13. The molecule has 0 radical (unpaired) electrons. The molecular weight excluding hydrogens is 272 g/mol. The Kier molecular flexibility index (Phi) is 4.88. The van der Waals surface area contributed by atoms with Gasteiger partial charge in [0.2, 0.25) is 0 Å². The maximum atomic E-state index is 11.9. The fourth-order valence-electron chi connectivity index (χ4n) is 1.61. The average molecular weight is 286 g/mol. The summed E-state index contributed by atoms with van der Waals surface area (Å²) in [5.74, 6) is 5.23. The molecule has 102 valence electrons. The van der Waals surface area contributed by atoms with Gasteiger partial charge in [-0.3, -0.25) is 4.79 Å². The van der Waals surface area contributed by atoms with Crippen molar-refractivity contribution in [3.8, 4) is 11.8 Å². The standard InChI is InChI=1S/C15H14N2O2S/c1-11-4-2-6-14(17-11)15(19)16-9-13-8-12(10-20-13)5-3-7-18/h2,4,6,8,10,18H,7,9H2,1H3,(H,16,19). The van der Waals surface area contributed by atoms with Crippen LogP contribution in [-0.4, -0.2) is 22.6 Å². The third-order valence-corrected chi connectivity index (χ3v) is 3.45. The van der Waals surface area contributed by atoms with Crippen LogP contribution in [0, 0.1) is 18.8 Å². The molecule has 0 aromatic carbocycles. The summed E-state index contributed by atoms with van der Waals surface area (Å²) >= 11 is 1.52. The van der Waals surface area contributed by atoms with E-state index in [2.05, 4.69) is 22.1 Å². The zero-order valence-corrected chi connectivity index (χ0v) is 11.8. The predicted octanol–water partition coefficient (Wildman–Crippen LogP) is 1.73. The number of aliphatic hydroxyl groups excluding tert-OH is 1. The van der Waals surface area contributed by atoms with Gasteiger partial charge in [0, 0.05) is 21.5 Å². The van der Waals surface area contributed by atoms with Crippen LogP contribution in [0.1, 0.15) is 26.6 Å². The summed E-state index contributed by atoms with van der Waals surface area (Å²) in [6.07, 6.45) is 0. The minimum absolute atomic E-state index is 0.152. The van der Waals surface area contributed by atoms with E-state index in [4.69, 9.17) is 5.11 Å². The van der Waals surface area contributed by atoms with E-state index >= 15 is 0 Å². The number of thiophene rings is 1. The molecule has 2 aromatic rings. The molecule has 0 unspecified atom stereocenters. The van der Waals surface area contributed by atoms with Crippen LogP contribution < -0.4 is 5.32 Å². The third kappa shape index (κ3) is 3.92. The lowest BCUT2D eigenvalue weighted by molar-refractivity contribution is 0.0946. The van der Waals surface area contributed by atoms with Crippen molar-refractivity contribution in [2.24, 2.45) is 0 Å². The molecule has 0 bridgehead atoms. The van der Waals surface area contributed by atoms with Crippen LogP contribution in [0.2, 0.25) is 0 Å². The Morgan fingerprint density at radius 1 is 1.50 bits per heavy atom. The van der Waals surface area contributed by atoms with Gasteiger partial charge in [0.15, 0.2) is 0 Å². The Morgan fingerprint density at radius 3 is 3.10 bits per heavy atom. The third-order valence-electron chi connectivity index (χ3n) is 2.51. The number of aliphatic hydroxyl groups is 1. The van der Waals surface area contributed by atoms with Gasteiger partial charge in [0.05, 0.1) is 6.54 Å². The summed E-state index contributed by atoms with van der Waals surface area (Å²) in [5, 5.41) is 13.3. The second kappa shape index (κ2) is 6.85. The number of carbonyl (C=O) groups excluding carboxylic acids is 1. The van der Waals surface area contributed by atoms with Crippen molar-refractivity contribution in [1.29, 1.82) is 0 Å². The van der Waals surface area contributed by atoms with Crippen LogP contribution in [0.15, 0.2) is 29.6 Å². The first-order valence-electron chi connectivity index (χ1n) is 6.08. The van der Waals surface area contributed by atoms with E-state index in [1.165, 1.54) is 11.3 Å². The van der Waals surface area contributed by atoms with Crippen LogP contribution in [-0.2, 0) is 6.54 Å². The molecule has 0 aliphatic rings. The number of nitrogens with one attached hydrogen (secondary N) is 1. The molecule has 2 N–H and O–H groups in total. The molecule has 5 heteroatoms. The van der Waals surface area contributed by atoms with Crippen LogP contribution in [0.4, 0.5) is 0 Å². The van der Waals surface area contributed by atoms with Gasteiger partial charge in [-0.2, -0.15) is 0 Å². The summed E-state index contributed by atoms with van der Waals surface area (Å²) in [4.78, 5) is 17.1. The van der Waals surface area contributed by atoms with Crippen molar-refractivity contribution < 1.29 is 9.90 Å². The Hall–Kier alpha value is -2.16. The quantitative estimate of drug-likeness (QED) is 0.845. The highest BCUT2D eigenvalue weighted by Gasteiger charge is 2.07. The monoisotopic (exact) mass is 286 g/mol. The smallest absolute Gasteiger partial charge is 0.270 e. The molecule has 20 heavy (non-hydrogen) atoms. The first kappa shape index (κ1) is 14.3. The highest BCUT2D eigenvalue weighted by atomic mass is 32.1. The van der Waals surface area contributed by atoms with Crippen molar-refractivity contribution in [1.82, 2.24) is 10.3 Å². The molecule has 2 rings (SSSR count). The molecule has 0 atom stereocenters. The summed E-state index contributed by atoms with van der Waals surface area (Å²) in [6, 6.07) is 7.25. The number of amides is 1. The number of rotatable bonds is 3. The fraction of sp³-hybridized carbons (Fsp3) is 0.200. The van der Waals surface area contributed by atoms with Crippen molar-refractivity contribution in [3.05, 3.63) is 51.5 Å². The normalized spacial score (nSPS) is 9.70. The van der Waals surface area contributed by atoms with Crippen LogP contribution in [0.5, 0.6) is 0 Å². The Balaban J connectivity index is 1.95. The highest BCUT2D eigenvalue weighted by molar-refractivity contribution is 7.10. The van der Waals surface area contributed by atoms with E-state index in [9.17, 15) is 4.79 Å². The van der Waals surface area contributed by atoms with Crippen molar-refractivity contribution in [3.63, 3.8) is 0 Å². The maximum Gasteiger partial charge on any atom is 0.270 e. The van der Waals surface area contributed by atoms with E-state index in [0.29, 0.717) is 12.2 Å². The Bertz CT molecular complexity index is 668. The molecule has 0 aliphatic heterocycles. The topological polar surface area (TPSA) is 62.2 Å². The Labute approximate surface area is 121 Å². The van der Waals surface area contributed by atoms with Gasteiger partial charge in [-0.05, 0) is 25.1 Å². The number of hydrogen-bond donors (Lipinski definition) is 2. The van der Waals surface area contributed by atoms with Gasteiger partial charge in [-0.25, -0.2) is 4.98 Å². The molecule has 1 amide bonds. The summed E-state index contributed by atoms with van der Waals surface area (Å²) < 4.78 is 0. The molecule has 4 nitrogen and oxygen atoms in total. The Morgan fingerprint density at radius 2 is 2.35 bits per heavy atom. The number of hydrogen-bond acceptors (Lipinski definition) is 4. The molecule has 2 aromatic heterocycles. The van der Waals surface area contributed by atoms with E-state index in [1.807, 2.05) is 30.5 Å². The number of carbonyl (C=O) groups is 1.